The molecule has 0 radical (unpaired) electrons. The van der Waals surface area contributed by atoms with Crippen LogP contribution in [-0.4, -0.2) is 50.3 Å². The summed E-state index contributed by atoms with van der Waals surface area (Å²) in [7, 11) is 0. The number of carbonyl (C=O) groups is 4. The van der Waals surface area contributed by atoms with Crippen molar-refractivity contribution in [3.8, 4) is 0 Å². The molecule has 160 valence electrons. The van der Waals surface area contributed by atoms with Crippen LogP contribution in [0.1, 0.15) is 48.5 Å². The summed E-state index contributed by atoms with van der Waals surface area (Å²) in [5.74, 6) is -3.03. The highest BCUT2D eigenvalue weighted by molar-refractivity contribution is 5.98. The lowest BCUT2D eigenvalue weighted by atomic mass is 10.0. The summed E-state index contributed by atoms with van der Waals surface area (Å²) < 4.78 is 18.9. The Labute approximate surface area is 166 Å². The summed E-state index contributed by atoms with van der Waals surface area (Å²) in [6.45, 7) is 12.9. The van der Waals surface area contributed by atoms with Crippen LogP contribution in [0, 0.1) is 5.92 Å². The van der Waals surface area contributed by atoms with Crippen molar-refractivity contribution in [1.29, 1.82) is 0 Å². The highest BCUT2D eigenvalue weighted by Gasteiger charge is 2.30. The van der Waals surface area contributed by atoms with Crippen LogP contribution in [0.5, 0.6) is 0 Å². The fourth-order valence-corrected chi connectivity index (χ4v) is 1.75. The highest BCUT2D eigenvalue weighted by Crippen LogP contribution is 2.14. The zero-order valence-electron chi connectivity index (χ0n) is 17.8. The van der Waals surface area contributed by atoms with Crippen LogP contribution in [0.25, 0.3) is 0 Å². The van der Waals surface area contributed by atoms with Crippen molar-refractivity contribution in [3.63, 3.8) is 0 Å². The summed E-state index contributed by atoms with van der Waals surface area (Å²) in [6, 6.07) is 0. The Bertz CT molecular complexity index is 557. The average Bonchev–Trinajstić information content (AvgIpc) is 2.63. The van der Waals surface area contributed by atoms with Crippen molar-refractivity contribution in [2.45, 2.75) is 48.5 Å². The maximum Gasteiger partial charge on any atom is 0.333 e. The fraction of sp³-hybridized carbons (Fsp3) is 0.600. The van der Waals surface area contributed by atoms with Gasteiger partial charge in [0.15, 0.2) is 5.92 Å². The van der Waals surface area contributed by atoms with Gasteiger partial charge in [-0.25, -0.2) is 9.59 Å². The van der Waals surface area contributed by atoms with Gasteiger partial charge in [0.2, 0.25) is 0 Å². The molecule has 0 N–H and O–H groups in total. The van der Waals surface area contributed by atoms with E-state index in [2.05, 4.69) is 9.47 Å². The number of rotatable bonds is 9. The number of esters is 4. The lowest BCUT2D eigenvalue weighted by Gasteiger charge is -2.14. The monoisotopic (exact) mass is 400 g/mol. The van der Waals surface area contributed by atoms with E-state index in [0.717, 1.165) is 6.08 Å². The third-order valence-corrected chi connectivity index (χ3v) is 3.17. The van der Waals surface area contributed by atoms with Crippen LogP contribution >= 0.6 is 0 Å². The van der Waals surface area contributed by atoms with Gasteiger partial charge in [0, 0.05) is 11.6 Å². The molecule has 0 saturated heterocycles. The fourth-order valence-electron chi connectivity index (χ4n) is 1.75. The predicted molar refractivity (Wildman–Crippen MR) is 103 cm³/mol. The van der Waals surface area contributed by atoms with Gasteiger partial charge < -0.3 is 18.9 Å². The Hall–Kier alpha value is -2.64. The first-order valence-electron chi connectivity index (χ1n) is 9.18. The second-order valence-corrected chi connectivity index (χ2v) is 5.27. The van der Waals surface area contributed by atoms with E-state index in [-0.39, 0.29) is 18.8 Å². The first-order valence-corrected chi connectivity index (χ1v) is 9.18. The first kappa shape index (κ1) is 27.6. The summed E-state index contributed by atoms with van der Waals surface area (Å²) >= 11 is 0. The van der Waals surface area contributed by atoms with Gasteiger partial charge in [-0.05, 0) is 48.5 Å². The van der Waals surface area contributed by atoms with Crippen LogP contribution < -0.4 is 0 Å². The molecule has 0 aromatic heterocycles. The molecule has 0 aliphatic rings. The Kier molecular flexibility index (Phi) is 16.3. The topological polar surface area (TPSA) is 105 Å². The van der Waals surface area contributed by atoms with Gasteiger partial charge in [0.05, 0.1) is 26.4 Å². The molecule has 0 bridgehead atoms. The zero-order valence-corrected chi connectivity index (χ0v) is 17.8. The average molecular weight is 400 g/mol. The molecule has 0 aliphatic heterocycles. The van der Waals surface area contributed by atoms with Gasteiger partial charge in [-0.2, -0.15) is 0 Å². The van der Waals surface area contributed by atoms with E-state index in [1.54, 1.807) is 47.6 Å². The van der Waals surface area contributed by atoms with Gasteiger partial charge >= 0.3 is 23.9 Å². The molecule has 0 heterocycles. The van der Waals surface area contributed by atoms with Crippen molar-refractivity contribution in [2.24, 2.45) is 5.92 Å². The normalized spacial score (nSPS) is 11.1. The standard InChI is InChI=1S/C11H18O4.C9H14O4/c1-5-8(4)9(10(12)14-6-2)11(13)15-7-3;1-4-12-8(10)6-7(3)9(11)13-5-2/h5,9H,6-7H2,1-4H3;6H,4-5H2,1-3H3/b8-5+;7-6+. The van der Waals surface area contributed by atoms with Gasteiger partial charge in [0.25, 0.3) is 0 Å². The van der Waals surface area contributed by atoms with E-state index < -0.39 is 29.8 Å². The summed E-state index contributed by atoms with van der Waals surface area (Å²) in [6.07, 6.45) is 2.83. The van der Waals surface area contributed by atoms with Gasteiger partial charge in [0.1, 0.15) is 0 Å². The first-order chi connectivity index (χ1) is 13.2. The van der Waals surface area contributed by atoms with Crippen LogP contribution in [0.3, 0.4) is 0 Å². The van der Waals surface area contributed by atoms with E-state index in [9.17, 15) is 19.2 Å². The van der Waals surface area contributed by atoms with E-state index in [0.29, 0.717) is 18.8 Å². The highest BCUT2D eigenvalue weighted by atomic mass is 16.6. The SMILES string of the molecule is C/C=C(\C)C(C(=O)OCC)C(=O)OCC.CCOC(=O)/C=C(\C)C(=O)OCC. The number of allylic oxidation sites excluding steroid dienone is 1. The Balaban J connectivity index is 0. The lowest BCUT2D eigenvalue weighted by Crippen LogP contribution is -2.29. The van der Waals surface area contributed by atoms with E-state index in [4.69, 9.17) is 9.47 Å². The van der Waals surface area contributed by atoms with Crippen LogP contribution in [-0.2, 0) is 38.1 Å². The maximum atomic E-state index is 11.5. The smallest absolute Gasteiger partial charge is 0.333 e. The Morgan fingerprint density at radius 2 is 1.18 bits per heavy atom. The zero-order chi connectivity index (χ0) is 22.1. The van der Waals surface area contributed by atoms with Crippen molar-refractivity contribution in [1.82, 2.24) is 0 Å². The quantitative estimate of drug-likeness (QED) is 0.191. The molecule has 0 atom stereocenters. The van der Waals surface area contributed by atoms with E-state index >= 15 is 0 Å². The van der Waals surface area contributed by atoms with Crippen LogP contribution in [0.2, 0.25) is 0 Å². The molecule has 0 saturated carbocycles. The molecular weight excluding hydrogens is 368 g/mol. The molecule has 0 fully saturated rings. The Morgan fingerprint density at radius 1 is 0.750 bits per heavy atom. The third-order valence-electron chi connectivity index (χ3n) is 3.17. The molecule has 8 heteroatoms. The van der Waals surface area contributed by atoms with Crippen LogP contribution in [0.15, 0.2) is 23.3 Å². The molecule has 0 amide bonds. The van der Waals surface area contributed by atoms with E-state index in [1.165, 1.54) is 6.92 Å². The third kappa shape index (κ3) is 11.9. The number of ether oxygens (including phenoxy) is 4. The minimum absolute atomic E-state index is 0.250. The van der Waals surface area contributed by atoms with Crippen LogP contribution in [0.4, 0.5) is 0 Å². The summed E-state index contributed by atoms with van der Waals surface area (Å²) in [5.41, 5.74) is 0.896. The largest absolute Gasteiger partial charge is 0.465 e. The summed E-state index contributed by atoms with van der Waals surface area (Å²) in [5, 5.41) is 0. The molecule has 8 nitrogen and oxygen atoms in total. The second-order valence-electron chi connectivity index (χ2n) is 5.27. The maximum absolute atomic E-state index is 11.5. The predicted octanol–water partition coefficient (Wildman–Crippen LogP) is 2.75. The molecule has 0 aliphatic carbocycles. The minimum atomic E-state index is -0.921. The summed E-state index contributed by atoms with van der Waals surface area (Å²) in [4.78, 5) is 44.8. The van der Waals surface area contributed by atoms with Crippen molar-refractivity contribution in [2.75, 3.05) is 26.4 Å². The molecule has 0 aromatic rings. The van der Waals surface area contributed by atoms with E-state index in [1.807, 2.05) is 0 Å². The second kappa shape index (κ2) is 16.5. The van der Waals surface area contributed by atoms with Gasteiger partial charge in [-0.3, -0.25) is 9.59 Å². The number of hydrogen-bond acceptors (Lipinski definition) is 8. The molecule has 28 heavy (non-hydrogen) atoms. The van der Waals surface area contributed by atoms with Crippen molar-refractivity contribution >= 4 is 23.9 Å². The van der Waals surface area contributed by atoms with Gasteiger partial charge in [-0.1, -0.05) is 11.6 Å². The lowest BCUT2D eigenvalue weighted by molar-refractivity contribution is -0.159. The van der Waals surface area contributed by atoms with Gasteiger partial charge in [-0.15, -0.1) is 0 Å². The molecular formula is C20H32O8. The molecule has 0 rings (SSSR count). The Morgan fingerprint density at radius 3 is 1.54 bits per heavy atom. The molecule has 0 spiro atoms. The molecule has 0 unspecified atom stereocenters. The minimum Gasteiger partial charge on any atom is -0.465 e. The van der Waals surface area contributed by atoms with Crippen molar-refractivity contribution in [3.05, 3.63) is 23.3 Å². The number of carbonyl (C=O) groups excluding carboxylic acids is 4. The van der Waals surface area contributed by atoms with Crippen molar-refractivity contribution < 1.29 is 38.1 Å². The number of hydrogen-bond donors (Lipinski definition) is 0. The molecule has 0 aromatic carbocycles.